The fourth-order valence-corrected chi connectivity index (χ4v) is 4.93. The van der Waals surface area contributed by atoms with Crippen molar-refractivity contribution < 1.29 is 18.3 Å². The van der Waals surface area contributed by atoms with Gasteiger partial charge in [0.05, 0.1) is 5.92 Å². The molecule has 2 aliphatic rings. The molecule has 1 aromatic rings. The van der Waals surface area contributed by atoms with Crippen molar-refractivity contribution >= 4 is 5.97 Å². The third-order valence-corrected chi connectivity index (χ3v) is 6.62. The Morgan fingerprint density at radius 2 is 1.67 bits per heavy atom. The van der Waals surface area contributed by atoms with Crippen LogP contribution >= 0.6 is 0 Å². The third-order valence-electron chi connectivity index (χ3n) is 6.62. The molecule has 2 fully saturated rings. The molecule has 0 radical (unpaired) electrons. The number of halogens is 2. The summed E-state index contributed by atoms with van der Waals surface area (Å²) in [6, 6.07) is 2.12. The summed E-state index contributed by atoms with van der Waals surface area (Å²) in [5.74, 6) is -0.436. The van der Waals surface area contributed by atoms with Crippen LogP contribution in [0.25, 0.3) is 0 Å². The molecule has 0 aromatic carbocycles. The van der Waals surface area contributed by atoms with Gasteiger partial charge in [0.25, 0.3) is 5.95 Å². The monoisotopic (exact) mass is 379 g/mol. The Bertz CT molecular complexity index is 621. The van der Waals surface area contributed by atoms with Crippen molar-refractivity contribution in [2.75, 3.05) is 0 Å². The van der Waals surface area contributed by atoms with Gasteiger partial charge in [-0.3, -0.25) is 4.79 Å². The summed E-state index contributed by atoms with van der Waals surface area (Å²) in [6.45, 7) is 2.26. The van der Waals surface area contributed by atoms with E-state index in [1.54, 1.807) is 0 Å². The minimum atomic E-state index is -1.07. The van der Waals surface area contributed by atoms with Crippen LogP contribution in [-0.2, 0) is 4.79 Å². The number of hydrogen-bond donors (Lipinski definition) is 0. The number of hydrogen-bond acceptors (Lipinski definition) is 3. The standard InChI is InChI=1S/C22H31F2NO2/c1-2-3-4-15-5-7-16(8-6-15)17-9-11-18(12-10-17)22(26)27-19-13-14-20(23)25-21(19)24/h13-18H,2-12H2,1H3/t15-,16-,17?,18?. The lowest BCUT2D eigenvalue weighted by atomic mass is 9.68. The average molecular weight is 379 g/mol. The van der Waals surface area contributed by atoms with Crippen LogP contribution in [0.3, 0.4) is 0 Å². The maximum atomic E-state index is 13.6. The highest BCUT2D eigenvalue weighted by molar-refractivity contribution is 5.75. The lowest BCUT2D eigenvalue weighted by molar-refractivity contribution is -0.140. The Balaban J connectivity index is 1.43. The first-order valence-electron chi connectivity index (χ1n) is 10.6. The lowest BCUT2D eigenvalue weighted by Gasteiger charge is -2.37. The van der Waals surface area contributed by atoms with Gasteiger partial charge in [0.2, 0.25) is 5.95 Å². The maximum Gasteiger partial charge on any atom is 0.314 e. The quantitative estimate of drug-likeness (QED) is 0.445. The van der Waals surface area contributed by atoms with E-state index >= 15 is 0 Å². The zero-order valence-electron chi connectivity index (χ0n) is 16.3. The van der Waals surface area contributed by atoms with E-state index in [0.29, 0.717) is 5.92 Å². The molecule has 0 unspecified atom stereocenters. The van der Waals surface area contributed by atoms with E-state index in [2.05, 4.69) is 11.9 Å². The van der Waals surface area contributed by atoms with Crippen molar-refractivity contribution in [1.29, 1.82) is 0 Å². The van der Waals surface area contributed by atoms with E-state index in [-0.39, 0.29) is 11.7 Å². The predicted octanol–water partition coefficient (Wildman–Crippen LogP) is 6.07. The van der Waals surface area contributed by atoms with E-state index in [0.717, 1.165) is 49.7 Å². The van der Waals surface area contributed by atoms with Crippen LogP contribution in [0.5, 0.6) is 5.75 Å². The Morgan fingerprint density at radius 1 is 1.04 bits per heavy atom. The summed E-state index contributed by atoms with van der Waals surface area (Å²) in [5, 5.41) is 0. The van der Waals surface area contributed by atoms with Crippen LogP contribution < -0.4 is 4.74 Å². The zero-order valence-corrected chi connectivity index (χ0v) is 16.3. The van der Waals surface area contributed by atoms with Gasteiger partial charge in [-0.05, 0) is 68.4 Å². The van der Waals surface area contributed by atoms with E-state index in [1.807, 2.05) is 0 Å². The SMILES string of the molecule is CCCC[C@H]1CC[C@H](C2CCC(C(=O)Oc3ccc(F)nc3F)CC2)CC1. The molecular formula is C22H31F2NO2. The second-order valence-electron chi connectivity index (χ2n) is 8.38. The molecule has 3 rings (SSSR count). The molecule has 0 atom stereocenters. The summed E-state index contributed by atoms with van der Waals surface area (Å²) >= 11 is 0. The molecular weight excluding hydrogens is 348 g/mol. The fraction of sp³-hybridized carbons (Fsp3) is 0.727. The van der Waals surface area contributed by atoms with Crippen molar-refractivity contribution in [2.45, 2.75) is 77.6 Å². The zero-order chi connectivity index (χ0) is 19.2. The van der Waals surface area contributed by atoms with Crippen molar-refractivity contribution in [3.8, 4) is 5.75 Å². The summed E-state index contributed by atoms with van der Waals surface area (Å²) in [7, 11) is 0. The van der Waals surface area contributed by atoms with Crippen molar-refractivity contribution in [3.05, 3.63) is 24.0 Å². The van der Waals surface area contributed by atoms with Gasteiger partial charge in [0.1, 0.15) is 0 Å². The van der Waals surface area contributed by atoms with Crippen molar-refractivity contribution in [1.82, 2.24) is 4.98 Å². The van der Waals surface area contributed by atoms with Gasteiger partial charge < -0.3 is 4.74 Å². The number of aromatic nitrogens is 1. The van der Waals surface area contributed by atoms with E-state index < -0.39 is 17.9 Å². The molecule has 2 aliphatic carbocycles. The van der Waals surface area contributed by atoms with Gasteiger partial charge in [0.15, 0.2) is 5.75 Å². The number of nitrogens with zero attached hydrogens (tertiary/aromatic N) is 1. The topological polar surface area (TPSA) is 39.2 Å². The Labute approximate surface area is 160 Å². The molecule has 1 aromatic heterocycles. The van der Waals surface area contributed by atoms with Crippen LogP contribution in [0.15, 0.2) is 12.1 Å². The van der Waals surface area contributed by atoms with E-state index in [1.165, 1.54) is 44.9 Å². The van der Waals surface area contributed by atoms with Crippen LogP contribution in [0.4, 0.5) is 8.78 Å². The Morgan fingerprint density at radius 3 is 2.26 bits per heavy atom. The highest BCUT2D eigenvalue weighted by Crippen LogP contribution is 2.42. The molecule has 3 nitrogen and oxygen atoms in total. The number of carbonyl (C=O) groups excluding carboxylic acids is 1. The summed E-state index contributed by atoms with van der Waals surface area (Å²) < 4.78 is 31.5. The van der Waals surface area contributed by atoms with E-state index in [9.17, 15) is 13.6 Å². The van der Waals surface area contributed by atoms with Gasteiger partial charge in [-0.15, -0.1) is 0 Å². The second-order valence-corrected chi connectivity index (χ2v) is 8.38. The molecule has 0 saturated heterocycles. The van der Waals surface area contributed by atoms with Crippen LogP contribution in [0.2, 0.25) is 0 Å². The maximum absolute atomic E-state index is 13.6. The van der Waals surface area contributed by atoms with Crippen LogP contribution in [0, 0.1) is 35.6 Å². The normalized spacial score (nSPS) is 28.7. The molecule has 0 amide bonds. The van der Waals surface area contributed by atoms with Gasteiger partial charge in [-0.1, -0.05) is 39.0 Å². The first kappa shape index (κ1) is 20.2. The fourth-order valence-electron chi connectivity index (χ4n) is 4.93. The molecule has 0 spiro atoms. The molecule has 1 heterocycles. The van der Waals surface area contributed by atoms with Gasteiger partial charge >= 0.3 is 5.97 Å². The number of ether oxygens (including phenoxy) is 1. The molecule has 5 heteroatoms. The number of unbranched alkanes of at least 4 members (excludes halogenated alkanes) is 1. The lowest BCUT2D eigenvalue weighted by Crippen LogP contribution is -2.30. The molecule has 0 N–H and O–H groups in total. The summed E-state index contributed by atoms with van der Waals surface area (Å²) in [5.41, 5.74) is 0. The number of esters is 1. The smallest absolute Gasteiger partial charge is 0.314 e. The highest BCUT2D eigenvalue weighted by Gasteiger charge is 2.33. The van der Waals surface area contributed by atoms with Crippen LogP contribution in [-0.4, -0.2) is 11.0 Å². The number of carbonyl (C=O) groups is 1. The second kappa shape index (κ2) is 9.61. The molecule has 27 heavy (non-hydrogen) atoms. The first-order chi connectivity index (χ1) is 13.1. The van der Waals surface area contributed by atoms with E-state index in [4.69, 9.17) is 4.74 Å². The van der Waals surface area contributed by atoms with Crippen LogP contribution in [0.1, 0.15) is 77.6 Å². The summed E-state index contributed by atoms with van der Waals surface area (Å²) in [4.78, 5) is 15.4. The number of rotatable bonds is 6. The summed E-state index contributed by atoms with van der Waals surface area (Å²) in [6.07, 6.45) is 13.1. The van der Waals surface area contributed by atoms with Gasteiger partial charge in [0, 0.05) is 0 Å². The molecule has 150 valence electrons. The highest BCUT2D eigenvalue weighted by atomic mass is 19.1. The Hall–Kier alpha value is -1.52. The molecule has 0 bridgehead atoms. The van der Waals surface area contributed by atoms with Gasteiger partial charge in [-0.25, -0.2) is 0 Å². The van der Waals surface area contributed by atoms with Crippen molar-refractivity contribution in [2.24, 2.45) is 23.7 Å². The molecule has 0 aliphatic heterocycles. The van der Waals surface area contributed by atoms with Crippen molar-refractivity contribution in [3.63, 3.8) is 0 Å². The van der Waals surface area contributed by atoms with Gasteiger partial charge in [-0.2, -0.15) is 13.8 Å². The minimum Gasteiger partial charge on any atom is -0.421 e. The number of pyridine rings is 1. The largest absolute Gasteiger partial charge is 0.421 e. The minimum absolute atomic E-state index is 0.188. The predicted molar refractivity (Wildman–Crippen MR) is 100 cm³/mol. The third kappa shape index (κ3) is 5.49. The average Bonchev–Trinajstić information content (AvgIpc) is 2.69. The Kier molecular flexibility index (Phi) is 7.20. The first-order valence-corrected chi connectivity index (χ1v) is 10.6. The molecule has 2 saturated carbocycles.